The zero-order valence-corrected chi connectivity index (χ0v) is 21.4. The fourth-order valence-corrected chi connectivity index (χ4v) is 3.87. The predicted molar refractivity (Wildman–Crippen MR) is 141 cm³/mol. The van der Waals surface area contributed by atoms with Crippen LogP contribution in [0.15, 0.2) is 78.9 Å². The third-order valence-electron chi connectivity index (χ3n) is 5.70. The smallest absolute Gasteiger partial charge is 0.261 e. The van der Waals surface area contributed by atoms with Crippen LogP contribution in [0.4, 0.5) is 0 Å². The molecule has 7 heteroatoms. The van der Waals surface area contributed by atoms with Crippen molar-refractivity contribution in [3.05, 3.63) is 100 Å². The van der Waals surface area contributed by atoms with Crippen LogP contribution in [0.5, 0.6) is 5.75 Å². The first-order chi connectivity index (χ1) is 16.9. The number of amides is 2. The average molecular weight is 513 g/mol. The Bertz CT molecular complexity index is 1110. The molecule has 0 aromatic heterocycles. The van der Waals surface area contributed by atoms with Crippen LogP contribution in [0, 0.1) is 0 Å². The van der Waals surface area contributed by atoms with Gasteiger partial charge in [-0.2, -0.15) is 0 Å². The van der Waals surface area contributed by atoms with Crippen LogP contribution in [0.1, 0.15) is 31.4 Å². The molecule has 0 aliphatic carbocycles. The topological polar surface area (TPSA) is 58.6 Å². The molecule has 0 aliphatic heterocycles. The van der Waals surface area contributed by atoms with Crippen LogP contribution >= 0.6 is 23.2 Å². The van der Waals surface area contributed by atoms with Crippen molar-refractivity contribution in [2.75, 3.05) is 6.61 Å². The minimum Gasteiger partial charge on any atom is -0.484 e. The number of halogens is 2. The van der Waals surface area contributed by atoms with E-state index in [9.17, 15) is 9.59 Å². The quantitative estimate of drug-likeness (QED) is 0.346. The summed E-state index contributed by atoms with van der Waals surface area (Å²) in [5.41, 5.74) is 1.82. The van der Waals surface area contributed by atoms with E-state index in [4.69, 9.17) is 27.9 Å². The molecule has 2 amide bonds. The second-order valence-corrected chi connectivity index (χ2v) is 9.29. The first-order valence-electron chi connectivity index (χ1n) is 11.6. The lowest BCUT2D eigenvalue weighted by molar-refractivity contribution is -0.143. The minimum atomic E-state index is -0.725. The van der Waals surface area contributed by atoms with Gasteiger partial charge in [-0.05, 0) is 54.8 Å². The van der Waals surface area contributed by atoms with E-state index in [0.717, 1.165) is 17.5 Å². The summed E-state index contributed by atoms with van der Waals surface area (Å²) in [4.78, 5) is 28.5. The second kappa shape index (κ2) is 13.2. The average Bonchev–Trinajstić information content (AvgIpc) is 2.86. The van der Waals surface area contributed by atoms with Gasteiger partial charge in [-0.1, -0.05) is 78.7 Å². The maximum atomic E-state index is 13.5. The van der Waals surface area contributed by atoms with Crippen LogP contribution in [0.25, 0.3) is 0 Å². The Morgan fingerprint density at radius 1 is 0.914 bits per heavy atom. The number of ether oxygens (including phenoxy) is 1. The molecular formula is C28H30Cl2N2O3. The van der Waals surface area contributed by atoms with E-state index in [2.05, 4.69) is 5.32 Å². The SMILES string of the molecule is CC[C@@H](C)NC(=O)[C@@H](Cc1ccccc1)N(Cc1ccc(Cl)cc1)C(=O)COc1cccc(Cl)c1. The maximum absolute atomic E-state index is 13.5. The van der Waals surface area contributed by atoms with E-state index in [1.165, 1.54) is 0 Å². The molecular weight excluding hydrogens is 483 g/mol. The number of hydrogen-bond acceptors (Lipinski definition) is 3. The van der Waals surface area contributed by atoms with Gasteiger partial charge < -0.3 is 15.0 Å². The summed E-state index contributed by atoms with van der Waals surface area (Å²) in [6.07, 6.45) is 1.16. The number of hydrogen-bond donors (Lipinski definition) is 1. The highest BCUT2D eigenvalue weighted by Gasteiger charge is 2.31. The molecule has 0 unspecified atom stereocenters. The summed E-state index contributed by atoms with van der Waals surface area (Å²) in [5.74, 6) is -0.0191. The highest BCUT2D eigenvalue weighted by atomic mass is 35.5. The summed E-state index contributed by atoms with van der Waals surface area (Å²) in [5, 5.41) is 4.17. The summed E-state index contributed by atoms with van der Waals surface area (Å²) in [6.45, 7) is 3.97. The Kier molecular flexibility index (Phi) is 10.0. The monoisotopic (exact) mass is 512 g/mol. The van der Waals surface area contributed by atoms with Gasteiger partial charge in [0.2, 0.25) is 5.91 Å². The summed E-state index contributed by atoms with van der Waals surface area (Å²) >= 11 is 12.1. The predicted octanol–water partition coefficient (Wildman–Crippen LogP) is 5.93. The lowest BCUT2D eigenvalue weighted by Crippen LogP contribution is -2.53. The van der Waals surface area contributed by atoms with Gasteiger partial charge in [0.25, 0.3) is 5.91 Å². The summed E-state index contributed by atoms with van der Waals surface area (Å²) < 4.78 is 5.74. The zero-order valence-electron chi connectivity index (χ0n) is 19.9. The van der Waals surface area contributed by atoms with Gasteiger partial charge in [-0.25, -0.2) is 0 Å². The van der Waals surface area contributed by atoms with Gasteiger partial charge in [0.1, 0.15) is 11.8 Å². The second-order valence-electron chi connectivity index (χ2n) is 8.42. The van der Waals surface area contributed by atoms with Crippen molar-refractivity contribution in [2.24, 2.45) is 0 Å². The maximum Gasteiger partial charge on any atom is 0.261 e. The molecule has 0 saturated carbocycles. The Morgan fingerprint density at radius 3 is 2.29 bits per heavy atom. The van der Waals surface area contributed by atoms with E-state index in [0.29, 0.717) is 22.2 Å². The van der Waals surface area contributed by atoms with Crippen LogP contribution in [-0.4, -0.2) is 35.4 Å². The van der Waals surface area contributed by atoms with Gasteiger partial charge in [0.15, 0.2) is 6.61 Å². The van der Waals surface area contributed by atoms with Gasteiger partial charge in [-0.15, -0.1) is 0 Å². The molecule has 3 aromatic rings. The number of carbonyl (C=O) groups excluding carboxylic acids is 2. The van der Waals surface area contributed by atoms with Crippen LogP contribution in [0.2, 0.25) is 10.0 Å². The molecule has 3 aromatic carbocycles. The van der Waals surface area contributed by atoms with E-state index >= 15 is 0 Å². The minimum absolute atomic E-state index is 0.0176. The highest BCUT2D eigenvalue weighted by Crippen LogP contribution is 2.20. The van der Waals surface area contributed by atoms with Crippen molar-refractivity contribution in [2.45, 2.75) is 45.3 Å². The van der Waals surface area contributed by atoms with Crippen molar-refractivity contribution in [1.82, 2.24) is 10.2 Å². The molecule has 0 saturated heterocycles. The molecule has 0 radical (unpaired) electrons. The number of rotatable bonds is 11. The van der Waals surface area contributed by atoms with Crippen molar-refractivity contribution in [3.8, 4) is 5.75 Å². The fraction of sp³-hybridized carbons (Fsp3) is 0.286. The van der Waals surface area contributed by atoms with Crippen LogP contribution < -0.4 is 10.1 Å². The molecule has 0 aliphatic rings. The van der Waals surface area contributed by atoms with E-state index in [1.807, 2.05) is 56.3 Å². The Labute approximate surface area is 217 Å². The molecule has 3 rings (SSSR count). The largest absolute Gasteiger partial charge is 0.484 e. The Morgan fingerprint density at radius 2 is 1.63 bits per heavy atom. The zero-order chi connectivity index (χ0) is 25.2. The van der Waals surface area contributed by atoms with Gasteiger partial charge in [-0.3, -0.25) is 9.59 Å². The molecule has 2 atom stereocenters. The van der Waals surface area contributed by atoms with Crippen molar-refractivity contribution >= 4 is 35.0 Å². The van der Waals surface area contributed by atoms with E-state index < -0.39 is 6.04 Å². The van der Waals surface area contributed by atoms with Crippen molar-refractivity contribution < 1.29 is 14.3 Å². The summed E-state index contributed by atoms with van der Waals surface area (Å²) in [7, 11) is 0. The highest BCUT2D eigenvalue weighted by molar-refractivity contribution is 6.30. The molecule has 0 fully saturated rings. The van der Waals surface area contributed by atoms with Crippen LogP contribution in [-0.2, 0) is 22.6 Å². The lowest BCUT2D eigenvalue weighted by Gasteiger charge is -2.32. The number of nitrogens with zero attached hydrogens (tertiary/aromatic N) is 1. The van der Waals surface area contributed by atoms with Crippen LogP contribution in [0.3, 0.4) is 0 Å². The summed E-state index contributed by atoms with van der Waals surface area (Å²) in [6, 6.07) is 23.1. The van der Waals surface area contributed by atoms with Crippen molar-refractivity contribution in [3.63, 3.8) is 0 Å². The Hall–Kier alpha value is -3.02. The normalized spacial score (nSPS) is 12.5. The van der Waals surface area contributed by atoms with Gasteiger partial charge >= 0.3 is 0 Å². The standard InChI is InChI=1S/C28H30Cl2N2O3/c1-3-20(2)31-28(34)26(16-21-8-5-4-6-9-21)32(18-22-12-14-23(29)15-13-22)27(33)19-35-25-11-7-10-24(30)17-25/h4-15,17,20,26H,3,16,18-19H2,1-2H3,(H,31,34)/t20-,26-/m1/s1. The molecule has 0 bridgehead atoms. The molecule has 35 heavy (non-hydrogen) atoms. The molecule has 184 valence electrons. The van der Waals surface area contributed by atoms with E-state index in [1.54, 1.807) is 41.3 Å². The number of nitrogens with one attached hydrogen (secondary N) is 1. The van der Waals surface area contributed by atoms with E-state index in [-0.39, 0.29) is 31.0 Å². The molecule has 5 nitrogen and oxygen atoms in total. The first kappa shape index (κ1) is 26.6. The Balaban J connectivity index is 1.90. The fourth-order valence-electron chi connectivity index (χ4n) is 3.57. The molecule has 0 spiro atoms. The van der Waals surface area contributed by atoms with Gasteiger partial charge in [0, 0.05) is 29.1 Å². The third kappa shape index (κ3) is 8.30. The number of benzene rings is 3. The lowest BCUT2D eigenvalue weighted by atomic mass is 10.0. The van der Waals surface area contributed by atoms with Crippen molar-refractivity contribution in [1.29, 1.82) is 0 Å². The number of carbonyl (C=O) groups is 2. The first-order valence-corrected chi connectivity index (χ1v) is 12.4. The van der Waals surface area contributed by atoms with Gasteiger partial charge in [0.05, 0.1) is 0 Å². The molecule has 0 heterocycles. The molecule has 1 N–H and O–H groups in total. The third-order valence-corrected chi connectivity index (χ3v) is 6.18.